The molecule has 0 aromatic carbocycles. The van der Waals surface area contributed by atoms with Crippen LogP contribution < -0.4 is 5.73 Å². The molecule has 0 aromatic rings. The Balaban J connectivity index is 3.81. The predicted octanol–water partition coefficient (Wildman–Crippen LogP) is 20.5. The molecule has 0 saturated carbocycles. The number of nitrogens with two attached hydrogens (primary N) is 1. The monoisotopic (exact) mass is 1080 g/mol. The zero-order valence-corrected chi connectivity index (χ0v) is 50.2. The van der Waals surface area contributed by atoms with Gasteiger partial charge in [-0.05, 0) is 51.4 Å². The number of unbranched alkanes of at least 4 members (excludes halogenated alkanes) is 40. The van der Waals surface area contributed by atoms with Crippen LogP contribution in [-0.4, -0.2) is 49.3 Å². The van der Waals surface area contributed by atoms with Crippen LogP contribution in [0, 0.1) is 0 Å². The van der Waals surface area contributed by atoms with E-state index < -0.39 is 26.5 Å². The molecule has 10 heteroatoms. The lowest BCUT2D eigenvalue weighted by atomic mass is 10.0. The van der Waals surface area contributed by atoms with Crippen molar-refractivity contribution < 1.29 is 37.6 Å². The van der Waals surface area contributed by atoms with E-state index in [4.69, 9.17) is 24.3 Å². The molecule has 2 atom stereocenters. The smallest absolute Gasteiger partial charge is 0.462 e. The van der Waals surface area contributed by atoms with Crippen LogP contribution in [0.5, 0.6) is 0 Å². The minimum Gasteiger partial charge on any atom is -0.462 e. The molecule has 0 heterocycles. The number of hydrogen-bond donors (Lipinski definition) is 2. The highest BCUT2D eigenvalue weighted by atomic mass is 31.2. The van der Waals surface area contributed by atoms with Gasteiger partial charge in [-0.1, -0.05) is 306 Å². The molecule has 0 amide bonds. The van der Waals surface area contributed by atoms with E-state index in [1.165, 1.54) is 205 Å². The molecule has 0 spiro atoms. The third kappa shape index (κ3) is 61.1. The second kappa shape index (κ2) is 61.2. The number of hydrogen-bond acceptors (Lipinski definition) is 8. The van der Waals surface area contributed by atoms with Crippen molar-refractivity contribution in [2.24, 2.45) is 5.73 Å². The topological polar surface area (TPSA) is 134 Å². The van der Waals surface area contributed by atoms with Gasteiger partial charge in [0.1, 0.15) is 6.61 Å². The van der Waals surface area contributed by atoms with Gasteiger partial charge in [-0.2, -0.15) is 0 Å². The van der Waals surface area contributed by atoms with Crippen LogP contribution in [0.2, 0.25) is 0 Å². The lowest BCUT2D eigenvalue weighted by Crippen LogP contribution is -2.29. The molecular weight excluding hydrogens is 954 g/mol. The summed E-state index contributed by atoms with van der Waals surface area (Å²) in [4.78, 5) is 35.2. The number of ether oxygens (including phenoxy) is 2. The third-order valence-electron chi connectivity index (χ3n) is 14.2. The first-order chi connectivity index (χ1) is 36.8. The highest BCUT2D eigenvalue weighted by Gasteiger charge is 2.26. The molecule has 0 rings (SSSR count). The van der Waals surface area contributed by atoms with Gasteiger partial charge < -0.3 is 20.1 Å². The van der Waals surface area contributed by atoms with Crippen LogP contribution >= 0.6 is 7.82 Å². The largest absolute Gasteiger partial charge is 0.472 e. The summed E-state index contributed by atoms with van der Waals surface area (Å²) in [6.07, 6.45) is 76.4. The Morgan fingerprint density at radius 2 is 0.733 bits per heavy atom. The molecule has 9 nitrogen and oxygen atoms in total. The van der Waals surface area contributed by atoms with Crippen molar-refractivity contribution in [3.05, 3.63) is 48.6 Å². The summed E-state index contributed by atoms with van der Waals surface area (Å²) in [6, 6.07) is 0. The number of phosphoric ester groups is 1. The fourth-order valence-corrected chi connectivity index (χ4v) is 10.3. The maximum atomic E-state index is 12.7. The van der Waals surface area contributed by atoms with E-state index in [-0.39, 0.29) is 38.6 Å². The SMILES string of the molecule is CC/C=C\C/C=C\C/C=C\C/C=C\CCCCCCCCC(=O)OC(COC(=O)CCCCCCCCCCCCCCCCCCCCCCCCCCCCCCCCCCCCC)COP(=O)(O)OCCN. The maximum Gasteiger partial charge on any atom is 0.472 e. The van der Waals surface area contributed by atoms with Crippen LogP contribution in [0.1, 0.15) is 322 Å². The first kappa shape index (κ1) is 73.0. The van der Waals surface area contributed by atoms with Crippen molar-refractivity contribution >= 4 is 19.8 Å². The molecule has 75 heavy (non-hydrogen) atoms. The van der Waals surface area contributed by atoms with E-state index >= 15 is 0 Å². The van der Waals surface area contributed by atoms with Crippen LogP contribution in [0.15, 0.2) is 48.6 Å². The molecule has 0 aliphatic heterocycles. The van der Waals surface area contributed by atoms with Gasteiger partial charge in [-0.3, -0.25) is 18.6 Å². The summed E-state index contributed by atoms with van der Waals surface area (Å²) in [5.74, 6) is -0.832. The second-order valence-electron chi connectivity index (χ2n) is 21.6. The summed E-state index contributed by atoms with van der Waals surface area (Å²) in [5, 5.41) is 0. The highest BCUT2D eigenvalue weighted by Crippen LogP contribution is 2.43. The van der Waals surface area contributed by atoms with Crippen molar-refractivity contribution in [2.45, 2.75) is 328 Å². The highest BCUT2D eigenvalue weighted by molar-refractivity contribution is 7.47. The lowest BCUT2D eigenvalue weighted by molar-refractivity contribution is -0.161. The lowest BCUT2D eigenvalue weighted by Gasteiger charge is -2.19. The Morgan fingerprint density at radius 3 is 1.09 bits per heavy atom. The van der Waals surface area contributed by atoms with Gasteiger partial charge in [0.2, 0.25) is 0 Å². The molecule has 0 saturated heterocycles. The summed E-state index contributed by atoms with van der Waals surface area (Å²) in [7, 11) is -4.39. The third-order valence-corrected chi connectivity index (χ3v) is 15.2. The number of carbonyl (C=O) groups excluding carboxylic acids is 2. The Morgan fingerprint density at radius 1 is 0.413 bits per heavy atom. The molecule has 0 bridgehead atoms. The van der Waals surface area contributed by atoms with Crippen LogP contribution in [-0.2, 0) is 32.7 Å². The Labute approximate surface area is 464 Å². The van der Waals surface area contributed by atoms with Gasteiger partial charge in [-0.25, -0.2) is 4.57 Å². The van der Waals surface area contributed by atoms with Crippen molar-refractivity contribution in [1.82, 2.24) is 0 Å². The zero-order valence-electron chi connectivity index (χ0n) is 49.3. The number of phosphoric acid groups is 1. The van der Waals surface area contributed by atoms with Crippen LogP contribution in [0.3, 0.4) is 0 Å². The van der Waals surface area contributed by atoms with E-state index in [2.05, 4.69) is 62.5 Å². The second-order valence-corrected chi connectivity index (χ2v) is 23.1. The summed E-state index contributed by atoms with van der Waals surface area (Å²) < 4.78 is 33.1. The molecular formula is C65H122NO8P. The number of esters is 2. The first-order valence-corrected chi connectivity index (χ1v) is 33.6. The fourth-order valence-electron chi connectivity index (χ4n) is 9.51. The summed E-state index contributed by atoms with van der Waals surface area (Å²) >= 11 is 0. The standard InChI is InChI=1S/C65H122NO8P/c1-3-5-7-9-11-13-15-17-19-21-23-24-25-26-27-28-29-30-31-32-33-34-35-36-37-38-40-41-43-45-47-49-51-53-55-57-64(67)71-61-63(62-73-75(69,70)72-60-59-66)74-65(68)58-56-54-52-50-48-46-44-42-39-22-20-18-16-14-12-10-8-6-4-2/h6,8,12,14,18,20,39,42,63H,3-5,7,9-11,13,15-17,19,21-38,40-41,43-62,66H2,1-2H3,(H,69,70)/b8-6-,14-12-,20-18-,42-39-. The number of carbonyl (C=O) groups is 2. The Bertz CT molecular complexity index is 1370. The molecule has 0 aromatic heterocycles. The van der Waals surface area contributed by atoms with E-state index in [0.717, 1.165) is 83.5 Å². The average molecular weight is 1080 g/mol. The average Bonchev–Trinajstić information content (AvgIpc) is 3.40. The Kier molecular flexibility index (Phi) is 59.5. The fraction of sp³-hybridized carbons (Fsp3) is 0.846. The summed E-state index contributed by atoms with van der Waals surface area (Å²) in [6.45, 7) is 3.66. The van der Waals surface area contributed by atoms with E-state index in [1.807, 2.05) is 0 Å². The number of allylic oxidation sites excluding steroid dienone is 8. The van der Waals surface area contributed by atoms with Gasteiger partial charge in [0.05, 0.1) is 13.2 Å². The van der Waals surface area contributed by atoms with Crippen molar-refractivity contribution in [3.63, 3.8) is 0 Å². The quantitative estimate of drug-likeness (QED) is 0.0264. The van der Waals surface area contributed by atoms with Crippen LogP contribution in [0.4, 0.5) is 0 Å². The zero-order chi connectivity index (χ0) is 54.5. The van der Waals surface area contributed by atoms with Gasteiger partial charge >= 0.3 is 19.8 Å². The Hall–Kier alpha value is -2.03. The van der Waals surface area contributed by atoms with E-state index in [0.29, 0.717) is 6.42 Å². The molecule has 0 aliphatic carbocycles. The minimum absolute atomic E-state index is 0.0506. The normalized spacial score (nSPS) is 13.3. The molecule has 0 fully saturated rings. The molecule has 0 aliphatic rings. The van der Waals surface area contributed by atoms with Gasteiger partial charge in [0, 0.05) is 19.4 Å². The van der Waals surface area contributed by atoms with Gasteiger partial charge in [0.15, 0.2) is 6.10 Å². The van der Waals surface area contributed by atoms with E-state index in [1.54, 1.807) is 0 Å². The van der Waals surface area contributed by atoms with E-state index in [9.17, 15) is 19.0 Å². The van der Waals surface area contributed by atoms with Crippen molar-refractivity contribution in [2.75, 3.05) is 26.4 Å². The molecule has 0 radical (unpaired) electrons. The van der Waals surface area contributed by atoms with Crippen molar-refractivity contribution in [1.29, 1.82) is 0 Å². The van der Waals surface area contributed by atoms with Crippen LogP contribution in [0.25, 0.3) is 0 Å². The first-order valence-electron chi connectivity index (χ1n) is 32.1. The van der Waals surface area contributed by atoms with Crippen molar-refractivity contribution in [3.8, 4) is 0 Å². The minimum atomic E-state index is -4.39. The maximum absolute atomic E-state index is 12.7. The predicted molar refractivity (Wildman–Crippen MR) is 321 cm³/mol. The molecule has 440 valence electrons. The molecule has 3 N–H and O–H groups in total. The van der Waals surface area contributed by atoms with Gasteiger partial charge in [-0.15, -0.1) is 0 Å². The number of rotatable bonds is 61. The van der Waals surface area contributed by atoms with Gasteiger partial charge in [0.25, 0.3) is 0 Å². The summed E-state index contributed by atoms with van der Waals surface area (Å²) in [5.41, 5.74) is 5.38. The molecule has 2 unspecified atom stereocenters.